The fourth-order valence-corrected chi connectivity index (χ4v) is 4.07. The van der Waals surface area contributed by atoms with Gasteiger partial charge in [-0.1, -0.05) is 49.4 Å². The van der Waals surface area contributed by atoms with Crippen molar-refractivity contribution >= 4 is 11.6 Å². The number of aromatic nitrogens is 1. The summed E-state index contributed by atoms with van der Waals surface area (Å²) in [6, 6.07) is 21.8. The minimum absolute atomic E-state index is 0.0625. The summed E-state index contributed by atoms with van der Waals surface area (Å²) >= 11 is 0. The number of carbonyl (C=O) groups is 1. The molecule has 2 heterocycles. The Morgan fingerprint density at radius 1 is 1.21 bits per heavy atom. The van der Waals surface area contributed by atoms with E-state index in [-0.39, 0.29) is 24.0 Å². The molecule has 0 saturated carbocycles. The Morgan fingerprint density at radius 3 is 2.68 bits per heavy atom. The predicted molar refractivity (Wildman–Crippen MR) is 132 cm³/mol. The van der Waals surface area contributed by atoms with Crippen molar-refractivity contribution in [1.29, 1.82) is 5.26 Å². The number of anilines is 1. The molecule has 174 valence electrons. The summed E-state index contributed by atoms with van der Waals surface area (Å²) in [6.45, 7) is 5.92. The number of benzene rings is 2. The van der Waals surface area contributed by atoms with Gasteiger partial charge in [-0.15, -0.1) is 0 Å². The molecule has 0 radical (unpaired) electrons. The Labute approximate surface area is 200 Å². The quantitative estimate of drug-likeness (QED) is 0.475. The maximum Gasteiger partial charge on any atom is 0.252 e. The van der Waals surface area contributed by atoms with E-state index in [2.05, 4.69) is 46.1 Å². The highest BCUT2D eigenvalue weighted by atomic mass is 16.5. The lowest BCUT2D eigenvalue weighted by molar-refractivity contribution is 0.0955. The average molecular weight is 456 g/mol. The van der Waals surface area contributed by atoms with E-state index in [9.17, 15) is 4.79 Å². The summed E-state index contributed by atoms with van der Waals surface area (Å²) in [5.74, 6) is 0.593. The van der Waals surface area contributed by atoms with Gasteiger partial charge in [-0.25, -0.2) is 4.98 Å². The van der Waals surface area contributed by atoms with E-state index in [0.29, 0.717) is 30.1 Å². The third-order valence-corrected chi connectivity index (χ3v) is 5.99. The Balaban J connectivity index is 1.49. The van der Waals surface area contributed by atoms with Crippen molar-refractivity contribution in [2.24, 2.45) is 0 Å². The average Bonchev–Trinajstić information content (AvgIpc) is 2.89. The van der Waals surface area contributed by atoms with Gasteiger partial charge in [-0.05, 0) is 42.2 Å². The number of pyridine rings is 1. The third-order valence-electron chi connectivity index (χ3n) is 5.99. The van der Waals surface area contributed by atoms with Crippen LogP contribution in [0.1, 0.15) is 52.9 Å². The van der Waals surface area contributed by atoms with Crippen molar-refractivity contribution in [1.82, 2.24) is 15.6 Å². The lowest BCUT2D eigenvalue weighted by atomic mass is 9.96. The van der Waals surface area contributed by atoms with Crippen molar-refractivity contribution in [2.45, 2.75) is 31.9 Å². The standard InChI is InChI=1S/C27H29N5O2/c1-3-29-26(33)22-13-23-27(32-16-22)34-24(17-30-23)25(21-7-5-4-6-8-21)31-15-18(2)20-11-9-19(14-28)10-12-20/h4-13,16,18,24-25,30-31H,3,15,17H2,1-2H3,(H,29,33)/t18-,24-,25?/m0/s1. The molecular formula is C27H29N5O2. The van der Waals surface area contributed by atoms with Gasteiger partial charge in [0.05, 0.1) is 35.5 Å². The third kappa shape index (κ3) is 5.36. The molecule has 0 fully saturated rings. The van der Waals surface area contributed by atoms with Crippen molar-refractivity contribution in [3.05, 3.63) is 89.1 Å². The van der Waals surface area contributed by atoms with Crippen molar-refractivity contribution < 1.29 is 9.53 Å². The van der Waals surface area contributed by atoms with E-state index in [0.717, 1.165) is 17.8 Å². The summed E-state index contributed by atoms with van der Waals surface area (Å²) in [7, 11) is 0. The summed E-state index contributed by atoms with van der Waals surface area (Å²) in [5, 5.41) is 18.9. The molecule has 3 atom stereocenters. The van der Waals surface area contributed by atoms with Crippen LogP contribution in [-0.2, 0) is 0 Å². The van der Waals surface area contributed by atoms with Crippen LogP contribution in [0.5, 0.6) is 5.88 Å². The SMILES string of the molecule is CCNC(=O)c1cnc2c(c1)NC[C@@H](C(NC[C@H](C)c1ccc(C#N)cc1)c1ccccc1)O2. The van der Waals surface area contributed by atoms with E-state index >= 15 is 0 Å². The van der Waals surface area contributed by atoms with Crippen LogP contribution in [0.25, 0.3) is 0 Å². The Morgan fingerprint density at radius 2 is 1.97 bits per heavy atom. The second kappa shape index (κ2) is 10.8. The highest BCUT2D eigenvalue weighted by Gasteiger charge is 2.30. The molecule has 0 saturated heterocycles. The van der Waals surface area contributed by atoms with Crippen LogP contribution in [0.3, 0.4) is 0 Å². The number of fused-ring (bicyclic) bond motifs is 1. The first-order valence-electron chi connectivity index (χ1n) is 11.6. The number of carbonyl (C=O) groups excluding carboxylic acids is 1. The van der Waals surface area contributed by atoms with Gasteiger partial charge in [0.15, 0.2) is 0 Å². The first-order valence-corrected chi connectivity index (χ1v) is 11.6. The predicted octanol–water partition coefficient (Wildman–Crippen LogP) is 4.01. The summed E-state index contributed by atoms with van der Waals surface area (Å²) in [4.78, 5) is 16.6. The number of hydrogen-bond acceptors (Lipinski definition) is 6. The summed E-state index contributed by atoms with van der Waals surface area (Å²) in [6.07, 6.45) is 1.36. The van der Waals surface area contributed by atoms with Crippen molar-refractivity contribution in [3.8, 4) is 11.9 Å². The van der Waals surface area contributed by atoms with Crippen molar-refractivity contribution in [3.63, 3.8) is 0 Å². The topological polar surface area (TPSA) is 99.1 Å². The second-order valence-electron chi connectivity index (χ2n) is 8.40. The first-order chi connectivity index (χ1) is 16.6. The van der Waals surface area contributed by atoms with Crippen LogP contribution in [-0.4, -0.2) is 36.6 Å². The Kier molecular flexibility index (Phi) is 7.41. The number of rotatable bonds is 8. The zero-order chi connectivity index (χ0) is 23.9. The van der Waals surface area contributed by atoms with Gasteiger partial charge in [-0.2, -0.15) is 5.26 Å². The zero-order valence-electron chi connectivity index (χ0n) is 19.4. The molecule has 3 N–H and O–H groups in total. The Bertz CT molecular complexity index is 1160. The smallest absolute Gasteiger partial charge is 0.252 e. The van der Waals surface area contributed by atoms with Crippen LogP contribution in [0.15, 0.2) is 66.9 Å². The normalized spacial score (nSPS) is 16.2. The highest BCUT2D eigenvalue weighted by molar-refractivity contribution is 5.95. The summed E-state index contributed by atoms with van der Waals surface area (Å²) < 4.78 is 6.31. The van der Waals surface area contributed by atoms with Gasteiger partial charge >= 0.3 is 0 Å². The van der Waals surface area contributed by atoms with E-state index in [4.69, 9.17) is 10.00 Å². The molecule has 1 aliphatic heterocycles. The minimum atomic E-state index is -0.189. The molecule has 0 aliphatic carbocycles. The molecular weight excluding hydrogens is 426 g/mol. The van der Waals surface area contributed by atoms with Crippen LogP contribution in [0, 0.1) is 11.3 Å². The van der Waals surface area contributed by atoms with Crippen molar-refractivity contribution in [2.75, 3.05) is 25.0 Å². The zero-order valence-corrected chi connectivity index (χ0v) is 19.4. The fourth-order valence-electron chi connectivity index (χ4n) is 4.07. The van der Waals surface area contributed by atoms with E-state index in [1.807, 2.05) is 49.4 Å². The molecule has 3 aromatic rings. The molecule has 4 rings (SSSR count). The van der Waals surface area contributed by atoms with Gasteiger partial charge in [0.2, 0.25) is 5.88 Å². The lowest BCUT2D eigenvalue weighted by Gasteiger charge is -2.34. The molecule has 7 heteroatoms. The number of nitrogens with one attached hydrogen (secondary N) is 3. The molecule has 7 nitrogen and oxygen atoms in total. The number of hydrogen-bond donors (Lipinski definition) is 3. The molecule has 0 spiro atoms. The molecule has 2 aromatic carbocycles. The van der Waals surface area contributed by atoms with Gasteiger partial charge in [-0.3, -0.25) is 4.79 Å². The summed E-state index contributed by atoms with van der Waals surface area (Å²) in [5.41, 5.74) is 4.19. The molecule has 1 amide bonds. The number of ether oxygens (including phenoxy) is 1. The number of nitriles is 1. The molecule has 1 unspecified atom stereocenters. The van der Waals surface area contributed by atoms with Gasteiger partial charge in [0, 0.05) is 19.3 Å². The van der Waals surface area contributed by atoms with Gasteiger partial charge < -0.3 is 20.7 Å². The lowest BCUT2D eigenvalue weighted by Crippen LogP contribution is -2.43. The largest absolute Gasteiger partial charge is 0.469 e. The van der Waals surface area contributed by atoms with E-state index in [1.165, 1.54) is 5.56 Å². The fraction of sp³-hybridized carbons (Fsp3) is 0.296. The molecule has 1 aromatic heterocycles. The van der Waals surface area contributed by atoms with E-state index in [1.54, 1.807) is 12.3 Å². The van der Waals surface area contributed by atoms with Crippen LogP contribution in [0.4, 0.5) is 5.69 Å². The van der Waals surface area contributed by atoms with Crippen LogP contribution in [0.2, 0.25) is 0 Å². The second-order valence-corrected chi connectivity index (χ2v) is 8.40. The van der Waals surface area contributed by atoms with E-state index < -0.39 is 0 Å². The molecule has 1 aliphatic rings. The highest BCUT2D eigenvalue weighted by Crippen LogP contribution is 2.32. The Hall–Kier alpha value is -3.89. The first kappa shape index (κ1) is 23.3. The molecule has 34 heavy (non-hydrogen) atoms. The van der Waals surface area contributed by atoms with Crippen LogP contribution < -0.4 is 20.7 Å². The van der Waals surface area contributed by atoms with Crippen LogP contribution >= 0.6 is 0 Å². The number of nitrogens with zero attached hydrogens (tertiary/aromatic N) is 2. The minimum Gasteiger partial charge on any atom is -0.469 e. The maximum absolute atomic E-state index is 12.1. The molecule has 0 bridgehead atoms. The maximum atomic E-state index is 12.1. The monoisotopic (exact) mass is 455 g/mol. The van der Waals surface area contributed by atoms with Gasteiger partial charge in [0.25, 0.3) is 5.91 Å². The number of amides is 1. The van der Waals surface area contributed by atoms with Gasteiger partial charge in [0.1, 0.15) is 6.10 Å².